The summed E-state index contributed by atoms with van der Waals surface area (Å²) in [6.45, 7) is 6.32. The first-order valence-electron chi connectivity index (χ1n) is 13.5. The van der Waals surface area contributed by atoms with Crippen molar-refractivity contribution >= 4 is 17.7 Å². The van der Waals surface area contributed by atoms with Crippen LogP contribution in [0.3, 0.4) is 0 Å². The van der Waals surface area contributed by atoms with Crippen molar-refractivity contribution in [3.05, 3.63) is 0 Å². The molecule has 0 unspecified atom stereocenters. The van der Waals surface area contributed by atoms with E-state index < -0.39 is 5.92 Å². The predicted octanol–water partition coefficient (Wildman–Crippen LogP) is 4.90. The molecule has 33 heavy (non-hydrogen) atoms. The second-order valence-corrected chi connectivity index (χ2v) is 12.1. The summed E-state index contributed by atoms with van der Waals surface area (Å²) in [7, 11) is 0. The van der Waals surface area contributed by atoms with Gasteiger partial charge in [0.25, 0.3) is 0 Å². The Morgan fingerprint density at radius 1 is 0.545 bits per heavy atom. The minimum atomic E-state index is -0.636. The smallest absolute Gasteiger partial charge is 0.224 e. The normalized spacial score (nSPS) is 24.0. The van der Waals surface area contributed by atoms with Gasteiger partial charge in [-0.25, -0.2) is 0 Å². The molecule has 6 nitrogen and oxygen atoms in total. The zero-order valence-corrected chi connectivity index (χ0v) is 21.3. The van der Waals surface area contributed by atoms with Crippen LogP contribution in [0.15, 0.2) is 0 Å². The van der Waals surface area contributed by atoms with Crippen LogP contribution >= 0.6 is 0 Å². The van der Waals surface area contributed by atoms with Crippen molar-refractivity contribution in [2.45, 2.75) is 147 Å². The highest BCUT2D eigenvalue weighted by atomic mass is 16.2. The molecule has 0 aromatic heterocycles. The molecule has 0 spiro atoms. The SMILES string of the molecule is CC1(NC(=O)CC(CC(=O)NC2(C)CCCCC2)C(=O)NC2(C)CCCCC2)CCCCC1. The zero-order chi connectivity index (χ0) is 24.0. The van der Waals surface area contributed by atoms with Crippen molar-refractivity contribution in [1.82, 2.24) is 16.0 Å². The summed E-state index contributed by atoms with van der Waals surface area (Å²) < 4.78 is 0. The first kappa shape index (κ1) is 26.0. The third-order valence-corrected chi connectivity index (χ3v) is 8.41. The summed E-state index contributed by atoms with van der Waals surface area (Å²) in [6.07, 6.45) is 16.3. The molecule has 3 aliphatic carbocycles. The average Bonchev–Trinajstić information content (AvgIpc) is 2.73. The van der Waals surface area contributed by atoms with Gasteiger partial charge in [-0.05, 0) is 59.3 Å². The van der Waals surface area contributed by atoms with E-state index in [-0.39, 0.29) is 47.2 Å². The molecule has 0 atom stereocenters. The summed E-state index contributed by atoms with van der Waals surface area (Å²) in [4.78, 5) is 39.4. The minimum Gasteiger partial charge on any atom is -0.351 e. The molecular formula is C27H47N3O3. The highest BCUT2D eigenvalue weighted by Gasteiger charge is 2.36. The van der Waals surface area contributed by atoms with Crippen LogP contribution in [0.5, 0.6) is 0 Å². The Kier molecular flexibility index (Phi) is 8.85. The van der Waals surface area contributed by atoms with Crippen LogP contribution in [-0.2, 0) is 14.4 Å². The standard InChI is InChI=1S/C27H47N3O3/c1-25(13-7-4-8-14-25)28-22(31)19-21(24(33)30-27(3)17-11-6-12-18-27)20-23(32)29-26(2)15-9-5-10-16-26/h21H,4-20H2,1-3H3,(H,28,31)(H,29,32)(H,30,33). The van der Waals surface area contributed by atoms with Crippen LogP contribution in [0.2, 0.25) is 0 Å². The van der Waals surface area contributed by atoms with E-state index in [9.17, 15) is 14.4 Å². The molecule has 3 aliphatic rings. The van der Waals surface area contributed by atoms with Gasteiger partial charge in [0, 0.05) is 29.5 Å². The summed E-state index contributed by atoms with van der Waals surface area (Å²) >= 11 is 0. The van der Waals surface area contributed by atoms with Crippen molar-refractivity contribution in [2.24, 2.45) is 5.92 Å². The number of amides is 3. The maximum atomic E-state index is 13.4. The monoisotopic (exact) mass is 461 g/mol. The fourth-order valence-corrected chi connectivity index (χ4v) is 6.25. The van der Waals surface area contributed by atoms with Crippen LogP contribution in [0, 0.1) is 5.92 Å². The van der Waals surface area contributed by atoms with Gasteiger partial charge in [0.2, 0.25) is 17.7 Å². The molecule has 0 aliphatic heterocycles. The highest BCUT2D eigenvalue weighted by Crippen LogP contribution is 2.31. The second kappa shape index (κ2) is 11.2. The van der Waals surface area contributed by atoms with Gasteiger partial charge < -0.3 is 16.0 Å². The Labute approximate surface area is 200 Å². The maximum Gasteiger partial charge on any atom is 0.224 e. The minimum absolute atomic E-state index is 0.0711. The number of nitrogens with one attached hydrogen (secondary N) is 3. The van der Waals surface area contributed by atoms with Gasteiger partial charge in [0.1, 0.15) is 0 Å². The van der Waals surface area contributed by atoms with Crippen LogP contribution in [0.4, 0.5) is 0 Å². The number of rotatable bonds is 8. The summed E-state index contributed by atoms with van der Waals surface area (Å²) in [5.74, 6) is -0.995. The highest BCUT2D eigenvalue weighted by molar-refractivity contribution is 5.90. The molecule has 0 aromatic rings. The Balaban J connectivity index is 1.64. The van der Waals surface area contributed by atoms with Gasteiger partial charge in [0.05, 0.1) is 5.92 Å². The predicted molar refractivity (Wildman–Crippen MR) is 132 cm³/mol. The van der Waals surface area contributed by atoms with Crippen molar-refractivity contribution in [3.8, 4) is 0 Å². The van der Waals surface area contributed by atoms with E-state index in [0.717, 1.165) is 77.0 Å². The fourth-order valence-electron chi connectivity index (χ4n) is 6.25. The number of hydrogen-bond acceptors (Lipinski definition) is 3. The van der Waals surface area contributed by atoms with E-state index in [1.807, 2.05) is 0 Å². The average molecular weight is 462 g/mol. The van der Waals surface area contributed by atoms with Crippen molar-refractivity contribution < 1.29 is 14.4 Å². The van der Waals surface area contributed by atoms with E-state index in [1.165, 1.54) is 19.3 Å². The van der Waals surface area contributed by atoms with E-state index >= 15 is 0 Å². The summed E-state index contributed by atoms with van der Waals surface area (Å²) in [5, 5.41) is 9.64. The lowest BCUT2D eigenvalue weighted by molar-refractivity contribution is -0.136. The van der Waals surface area contributed by atoms with Gasteiger partial charge in [-0.2, -0.15) is 0 Å². The summed E-state index contributed by atoms with van der Waals surface area (Å²) in [5.41, 5.74) is -0.613. The van der Waals surface area contributed by atoms with Gasteiger partial charge in [-0.15, -0.1) is 0 Å². The van der Waals surface area contributed by atoms with Gasteiger partial charge in [-0.3, -0.25) is 14.4 Å². The quantitative estimate of drug-likeness (QED) is 0.480. The number of hydrogen-bond donors (Lipinski definition) is 3. The van der Waals surface area contributed by atoms with Crippen LogP contribution in [0.25, 0.3) is 0 Å². The molecule has 3 N–H and O–H groups in total. The van der Waals surface area contributed by atoms with E-state index in [0.29, 0.717) is 0 Å². The lowest BCUT2D eigenvalue weighted by Crippen LogP contribution is -2.53. The third kappa shape index (κ3) is 7.99. The molecule has 3 rings (SSSR count). The second-order valence-electron chi connectivity index (χ2n) is 12.1. The van der Waals surface area contributed by atoms with Crippen LogP contribution < -0.4 is 16.0 Å². The Bertz CT molecular complexity index is 647. The maximum absolute atomic E-state index is 13.4. The lowest BCUT2D eigenvalue weighted by Gasteiger charge is -2.37. The molecule has 0 bridgehead atoms. The lowest BCUT2D eigenvalue weighted by atomic mass is 9.82. The van der Waals surface area contributed by atoms with Gasteiger partial charge >= 0.3 is 0 Å². The molecule has 3 fully saturated rings. The number of carbonyl (C=O) groups excluding carboxylic acids is 3. The van der Waals surface area contributed by atoms with Crippen molar-refractivity contribution in [3.63, 3.8) is 0 Å². The molecule has 3 amide bonds. The molecule has 0 heterocycles. The van der Waals surface area contributed by atoms with Crippen LogP contribution in [0.1, 0.15) is 130 Å². The largest absolute Gasteiger partial charge is 0.351 e. The van der Waals surface area contributed by atoms with E-state index in [1.54, 1.807) is 0 Å². The molecule has 6 heteroatoms. The molecule has 0 aromatic carbocycles. The molecular weight excluding hydrogens is 414 g/mol. The zero-order valence-electron chi connectivity index (χ0n) is 21.3. The van der Waals surface area contributed by atoms with E-state index in [2.05, 4.69) is 36.7 Å². The fraction of sp³-hybridized carbons (Fsp3) is 0.889. The third-order valence-electron chi connectivity index (χ3n) is 8.41. The first-order valence-corrected chi connectivity index (χ1v) is 13.5. The van der Waals surface area contributed by atoms with Crippen molar-refractivity contribution in [2.75, 3.05) is 0 Å². The number of carbonyl (C=O) groups is 3. The molecule has 3 saturated carbocycles. The van der Waals surface area contributed by atoms with Gasteiger partial charge in [-0.1, -0.05) is 57.8 Å². The Hall–Kier alpha value is -1.59. The molecule has 0 radical (unpaired) electrons. The van der Waals surface area contributed by atoms with Crippen molar-refractivity contribution in [1.29, 1.82) is 0 Å². The molecule has 188 valence electrons. The van der Waals surface area contributed by atoms with E-state index in [4.69, 9.17) is 0 Å². The Morgan fingerprint density at radius 3 is 1.18 bits per heavy atom. The first-order chi connectivity index (χ1) is 15.6. The Morgan fingerprint density at radius 2 is 0.848 bits per heavy atom. The van der Waals surface area contributed by atoms with Gasteiger partial charge in [0.15, 0.2) is 0 Å². The molecule has 0 saturated heterocycles. The topological polar surface area (TPSA) is 87.3 Å². The van der Waals surface area contributed by atoms with Crippen LogP contribution in [-0.4, -0.2) is 34.3 Å². The summed E-state index contributed by atoms with van der Waals surface area (Å²) in [6, 6.07) is 0.